The van der Waals surface area contributed by atoms with Gasteiger partial charge >= 0.3 is 0 Å². The standard InChI is InChI=1S/C9H12O/c1-6(10)9-5-7-3-2-4-8(7)9/h5,7-8H,2-4H2,1H3. The predicted octanol–water partition coefficient (Wildman–Crippen LogP) is 1.93. The Balaban J connectivity index is 2.16. The minimum absolute atomic E-state index is 0.295. The third-order valence-electron chi connectivity index (χ3n) is 2.77. The van der Waals surface area contributed by atoms with Gasteiger partial charge in [0.15, 0.2) is 5.78 Å². The maximum absolute atomic E-state index is 10.9. The lowest BCUT2D eigenvalue weighted by Crippen LogP contribution is -2.23. The van der Waals surface area contributed by atoms with Crippen LogP contribution >= 0.6 is 0 Å². The fourth-order valence-electron chi connectivity index (χ4n) is 2.19. The summed E-state index contributed by atoms with van der Waals surface area (Å²) in [7, 11) is 0. The fraction of sp³-hybridized carbons (Fsp3) is 0.667. The second-order valence-corrected chi connectivity index (χ2v) is 3.38. The second kappa shape index (κ2) is 1.94. The molecule has 1 fully saturated rings. The molecule has 1 nitrogen and oxygen atoms in total. The van der Waals surface area contributed by atoms with Crippen LogP contribution in [0.15, 0.2) is 11.6 Å². The number of rotatable bonds is 1. The molecule has 0 bridgehead atoms. The molecule has 2 unspecified atom stereocenters. The van der Waals surface area contributed by atoms with Crippen molar-refractivity contribution >= 4 is 5.78 Å². The van der Waals surface area contributed by atoms with Crippen LogP contribution in [0.25, 0.3) is 0 Å². The number of carbonyl (C=O) groups is 1. The highest BCUT2D eigenvalue weighted by Gasteiger charge is 2.37. The highest BCUT2D eigenvalue weighted by molar-refractivity contribution is 5.95. The van der Waals surface area contributed by atoms with Crippen molar-refractivity contribution in [1.82, 2.24) is 0 Å². The largest absolute Gasteiger partial charge is 0.295 e. The summed E-state index contributed by atoms with van der Waals surface area (Å²) in [5, 5.41) is 0. The first-order valence-corrected chi connectivity index (χ1v) is 4.01. The Morgan fingerprint density at radius 1 is 1.60 bits per heavy atom. The number of Topliss-reactive ketones (excluding diaryl/α,β-unsaturated/α-hetero) is 1. The minimum Gasteiger partial charge on any atom is -0.295 e. The number of allylic oxidation sites excluding steroid dienone is 2. The molecule has 2 aliphatic carbocycles. The highest BCUT2D eigenvalue weighted by atomic mass is 16.1. The highest BCUT2D eigenvalue weighted by Crippen LogP contribution is 2.45. The van der Waals surface area contributed by atoms with Gasteiger partial charge in [0, 0.05) is 0 Å². The molecule has 0 spiro atoms. The molecule has 2 aliphatic rings. The zero-order chi connectivity index (χ0) is 7.14. The second-order valence-electron chi connectivity index (χ2n) is 3.38. The SMILES string of the molecule is CC(=O)C1=CC2CCCC12. The van der Waals surface area contributed by atoms with Crippen LogP contribution in [0.2, 0.25) is 0 Å². The van der Waals surface area contributed by atoms with Crippen molar-refractivity contribution in [2.45, 2.75) is 26.2 Å². The van der Waals surface area contributed by atoms with Crippen molar-refractivity contribution in [1.29, 1.82) is 0 Å². The van der Waals surface area contributed by atoms with Gasteiger partial charge in [-0.1, -0.05) is 12.5 Å². The summed E-state index contributed by atoms with van der Waals surface area (Å²) in [4.78, 5) is 10.9. The summed E-state index contributed by atoms with van der Waals surface area (Å²) < 4.78 is 0. The third kappa shape index (κ3) is 0.664. The van der Waals surface area contributed by atoms with E-state index >= 15 is 0 Å². The van der Waals surface area contributed by atoms with Gasteiger partial charge in [-0.2, -0.15) is 0 Å². The van der Waals surface area contributed by atoms with Gasteiger partial charge in [0.1, 0.15) is 0 Å². The van der Waals surface area contributed by atoms with Crippen molar-refractivity contribution in [3.05, 3.63) is 11.6 Å². The van der Waals surface area contributed by atoms with Gasteiger partial charge in [-0.15, -0.1) is 0 Å². The van der Waals surface area contributed by atoms with Gasteiger partial charge in [-0.25, -0.2) is 0 Å². The predicted molar refractivity (Wildman–Crippen MR) is 39.6 cm³/mol. The van der Waals surface area contributed by atoms with Gasteiger partial charge in [0.05, 0.1) is 0 Å². The van der Waals surface area contributed by atoms with E-state index < -0.39 is 0 Å². The van der Waals surface area contributed by atoms with E-state index in [1.165, 1.54) is 19.3 Å². The molecule has 0 N–H and O–H groups in total. The molecule has 2 rings (SSSR count). The summed E-state index contributed by atoms with van der Waals surface area (Å²) in [5.41, 5.74) is 1.11. The van der Waals surface area contributed by atoms with E-state index in [1.807, 2.05) is 0 Å². The number of carbonyl (C=O) groups excluding carboxylic acids is 1. The van der Waals surface area contributed by atoms with Crippen LogP contribution < -0.4 is 0 Å². The Morgan fingerprint density at radius 3 is 3.00 bits per heavy atom. The quantitative estimate of drug-likeness (QED) is 0.538. The molecular weight excluding hydrogens is 124 g/mol. The topological polar surface area (TPSA) is 17.1 Å². The van der Waals surface area contributed by atoms with Crippen LogP contribution in [-0.4, -0.2) is 5.78 Å². The van der Waals surface area contributed by atoms with E-state index in [4.69, 9.17) is 0 Å². The molecule has 1 saturated carbocycles. The van der Waals surface area contributed by atoms with E-state index in [1.54, 1.807) is 6.92 Å². The lowest BCUT2D eigenvalue weighted by atomic mass is 9.75. The number of hydrogen-bond acceptors (Lipinski definition) is 1. The van der Waals surface area contributed by atoms with E-state index in [-0.39, 0.29) is 0 Å². The first-order chi connectivity index (χ1) is 4.79. The molecule has 0 radical (unpaired) electrons. The smallest absolute Gasteiger partial charge is 0.155 e. The van der Waals surface area contributed by atoms with Gasteiger partial charge in [-0.3, -0.25) is 4.79 Å². The fourth-order valence-corrected chi connectivity index (χ4v) is 2.19. The van der Waals surface area contributed by atoms with Crippen LogP contribution in [0.3, 0.4) is 0 Å². The van der Waals surface area contributed by atoms with Crippen molar-refractivity contribution in [3.8, 4) is 0 Å². The molecule has 54 valence electrons. The van der Waals surface area contributed by atoms with E-state index in [2.05, 4.69) is 6.08 Å². The molecule has 0 aromatic heterocycles. The third-order valence-corrected chi connectivity index (χ3v) is 2.77. The van der Waals surface area contributed by atoms with E-state index in [0.717, 1.165) is 11.5 Å². The van der Waals surface area contributed by atoms with Crippen LogP contribution in [0.5, 0.6) is 0 Å². The molecule has 0 aromatic rings. The first-order valence-electron chi connectivity index (χ1n) is 4.01. The molecule has 0 saturated heterocycles. The van der Waals surface area contributed by atoms with Crippen LogP contribution in [-0.2, 0) is 4.79 Å². The van der Waals surface area contributed by atoms with Crippen molar-refractivity contribution in [2.24, 2.45) is 11.8 Å². The lowest BCUT2D eigenvalue weighted by molar-refractivity contribution is -0.114. The Bertz CT molecular complexity index is 203. The van der Waals surface area contributed by atoms with Crippen molar-refractivity contribution < 1.29 is 4.79 Å². The Kier molecular flexibility index (Phi) is 1.19. The molecular formula is C9H12O. The van der Waals surface area contributed by atoms with Crippen molar-refractivity contribution in [2.75, 3.05) is 0 Å². The molecule has 0 amide bonds. The maximum Gasteiger partial charge on any atom is 0.155 e. The minimum atomic E-state index is 0.295. The van der Waals surface area contributed by atoms with Gasteiger partial charge in [0.25, 0.3) is 0 Å². The monoisotopic (exact) mass is 136 g/mol. The zero-order valence-corrected chi connectivity index (χ0v) is 6.26. The molecule has 0 aliphatic heterocycles. The summed E-state index contributed by atoms with van der Waals surface area (Å²) in [6.45, 7) is 1.68. The summed E-state index contributed by atoms with van der Waals surface area (Å²) >= 11 is 0. The van der Waals surface area contributed by atoms with E-state index in [9.17, 15) is 4.79 Å². The molecule has 10 heavy (non-hydrogen) atoms. The number of ketones is 1. The maximum atomic E-state index is 10.9. The van der Waals surface area contributed by atoms with Crippen molar-refractivity contribution in [3.63, 3.8) is 0 Å². The van der Waals surface area contributed by atoms with Crippen LogP contribution in [0.1, 0.15) is 26.2 Å². The average molecular weight is 136 g/mol. The van der Waals surface area contributed by atoms with Crippen LogP contribution in [0, 0.1) is 11.8 Å². The van der Waals surface area contributed by atoms with Gasteiger partial charge in [-0.05, 0) is 37.2 Å². The molecule has 1 heteroatoms. The van der Waals surface area contributed by atoms with Gasteiger partial charge in [0.2, 0.25) is 0 Å². The molecule has 0 aromatic carbocycles. The first kappa shape index (κ1) is 6.14. The van der Waals surface area contributed by atoms with Gasteiger partial charge < -0.3 is 0 Å². The molecule has 0 heterocycles. The summed E-state index contributed by atoms with van der Waals surface area (Å²) in [5.74, 6) is 1.74. The average Bonchev–Trinajstić information content (AvgIpc) is 2.11. The molecule has 2 atom stereocenters. The number of hydrogen-bond donors (Lipinski definition) is 0. The normalized spacial score (nSPS) is 36.3. The number of fused-ring (bicyclic) bond motifs is 1. The Hall–Kier alpha value is -0.590. The Labute approximate surface area is 61.1 Å². The zero-order valence-electron chi connectivity index (χ0n) is 6.26. The Morgan fingerprint density at radius 2 is 2.40 bits per heavy atom. The summed E-state index contributed by atoms with van der Waals surface area (Å²) in [6.07, 6.45) is 6.07. The van der Waals surface area contributed by atoms with Crippen LogP contribution in [0.4, 0.5) is 0 Å². The summed E-state index contributed by atoms with van der Waals surface area (Å²) in [6, 6.07) is 0. The lowest BCUT2D eigenvalue weighted by Gasteiger charge is -2.28. The van der Waals surface area contributed by atoms with E-state index in [0.29, 0.717) is 11.7 Å².